The van der Waals surface area contributed by atoms with Crippen molar-refractivity contribution in [1.82, 2.24) is 0 Å². The third-order valence-corrected chi connectivity index (χ3v) is 4.28. The molecule has 2 aliphatic rings. The van der Waals surface area contributed by atoms with Crippen LogP contribution < -0.4 is 0 Å². The van der Waals surface area contributed by atoms with Crippen molar-refractivity contribution in [3.8, 4) is 0 Å². The van der Waals surface area contributed by atoms with Crippen molar-refractivity contribution in [3.05, 3.63) is 58.2 Å². The molecule has 1 fully saturated rings. The van der Waals surface area contributed by atoms with E-state index in [9.17, 15) is 10.1 Å². The second-order valence-electron chi connectivity index (χ2n) is 5.38. The first-order chi connectivity index (χ1) is 9.25. The third kappa shape index (κ3) is 2.40. The van der Waals surface area contributed by atoms with Gasteiger partial charge in [-0.1, -0.05) is 42.5 Å². The number of hydrogen-bond acceptors (Lipinski definition) is 3. The second kappa shape index (κ2) is 5.13. The molecule has 4 atom stereocenters. The number of hydrogen-bond donors (Lipinski definition) is 0. The molecule has 1 aromatic carbocycles. The lowest BCUT2D eigenvalue weighted by Gasteiger charge is -2.15. The predicted molar refractivity (Wildman–Crippen MR) is 71.1 cm³/mol. The first kappa shape index (κ1) is 12.4. The molecule has 0 unspecified atom stereocenters. The zero-order valence-electron chi connectivity index (χ0n) is 10.6. The molecule has 0 aromatic heterocycles. The Morgan fingerprint density at radius 3 is 2.74 bits per heavy atom. The van der Waals surface area contributed by atoms with Gasteiger partial charge in [0.15, 0.2) is 0 Å². The Balaban J connectivity index is 1.53. The number of nitro groups is 1. The molecule has 0 spiro atoms. The molecule has 0 aliphatic heterocycles. The second-order valence-corrected chi connectivity index (χ2v) is 5.38. The maximum Gasteiger partial charge on any atom is 0.220 e. The number of nitrogens with zero attached hydrogens (tertiary/aromatic N) is 1. The maximum absolute atomic E-state index is 11.0. The van der Waals surface area contributed by atoms with Crippen LogP contribution in [0.2, 0.25) is 0 Å². The van der Waals surface area contributed by atoms with Gasteiger partial charge in [0, 0.05) is 17.3 Å². The lowest BCUT2D eigenvalue weighted by atomic mass is 9.97. The lowest BCUT2D eigenvalue weighted by molar-refractivity contribution is -0.527. The van der Waals surface area contributed by atoms with Gasteiger partial charge in [-0.25, -0.2) is 0 Å². The van der Waals surface area contributed by atoms with Crippen LogP contribution in [-0.2, 0) is 11.3 Å². The van der Waals surface area contributed by atoms with Crippen molar-refractivity contribution in [1.29, 1.82) is 0 Å². The molecule has 19 heavy (non-hydrogen) atoms. The largest absolute Gasteiger partial charge is 0.376 e. The van der Waals surface area contributed by atoms with Crippen molar-refractivity contribution >= 4 is 0 Å². The molecule has 0 amide bonds. The topological polar surface area (TPSA) is 52.4 Å². The molecule has 0 saturated heterocycles. The van der Waals surface area contributed by atoms with Crippen LogP contribution in [-0.4, -0.2) is 17.6 Å². The highest BCUT2D eigenvalue weighted by molar-refractivity contribution is 5.16. The molecule has 4 heteroatoms. The number of benzene rings is 1. The Morgan fingerprint density at radius 2 is 2.05 bits per heavy atom. The molecule has 0 N–H and O–H groups in total. The van der Waals surface area contributed by atoms with Gasteiger partial charge in [-0.3, -0.25) is 10.1 Å². The van der Waals surface area contributed by atoms with Crippen molar-refractivity contribution in [2.45, 2.75) is 19.1 Å². The van der Waals surface area contributed by atoms with Crippen LogP contribution in [0.25, 0.3) is 0 Å². The van der Waals surface area contributed by atoms with E-state index in [0.29, 0.717) is 31.5 Å². The van der Waals surface area contributed by atoms with E-state index in [-0.39, 0.29) is 10.8 Å². The zero-order valence-corrected chi connectivity index (χ0v) is 10.6. The molecule has 1 aromatic rings. The van der Waals surface area contributed by atoms with Crippen LogP contribution in [0, 0.1) is 27.9 Å². The Labute approximate surface area is 112 Å². The first-order valence-electron chi connectivity index (χ1n) is 6.69. The van der Waals surface area contributed by atoms with Gasteiger partial charge in [-0.05, 0) is 11.5 Å². The summed E-state index contributed by atoms with van der Waals surface area (Å²) in [5.74, 6) is 0.686. The quantitative estimate of drug-likeness (QED) is 0.464. The van der Waals surface area contributed by atoms with Gasteiger partial charge in [-0.2, -0.15) is 0 Å². The molecule has 0 heterocycles. The number of fused-ring (bicyclic) bond motifs is 2. The summed E-state index contributed by atoms with van der Waals surface area (Å²) in [6, 6.07) is 9.61. The lowest BCUT2D eigenvalue weighted by Crippen LogP contribution is -2.26. The highest BCUT2D eigenvalue weighted by Gasteiger charge is 2.50. The summed E-state index contributed by atoms with van der Waals surface area (Å²) in [7, 11) is 0. The Kier molecular flexibility index (Phi) is 3.34. The van der Waals surface area contributed by atoms with Crippen molar-refractivity contribution in [2.24, 2.45) is 17.8 Å². The summed E-state index contributed by atoms with van der Waals surface area (Å²) in [4.78, 5) is 10.8. The normalized spacial score (nSPS) is 31.8. The minimum atomic E-state index is -0.402. The average molecular weight is 259 g/mol. The van der Waals surface area contributed by atoms with Gasteiger partial charge < -0.3 is 4.74 Å². The maximum atomic E-state index is 11.0. The highest BCUT2D eigenvalue weighted by atomic mass is 16.6. The van der Waals surface area contributed by atoms with E-state index < -0.39 is 6.04 Å². The van der Waals surface area contributed by atoms with Crippen LogP contribution >= 0.6 is 0 Å². The van der Waals surface area contributed by atoms with E-state index in [1.165, 1.54) is 0 Å². The Morgan fingerprint density at radius 1 is 1.26 bits per heavy atom. The molecular formula is C15H17NO3. The minimum absolute atomic E-state index is 0.0655. The summed E-state index contributed by atoms with van der Waals surface area (Å²) in [6.07, 6.45) is 4.81. The SMILES string of the molecule is O=[N+]([O-])[C@H]1C[C@H]2C=C[C@@H]1[C@@H]2COCc1ccccc1. The third-order valence-electron chi connectivity index (χ3n) is 4.28. The fourth-order valence-corrected chi connectivity index (χ4v) is 3.29. The first-order valence-corrected chi connectivity index (χ1v) is 6.69. The van der Waals surface area contributed by atoms with Crippen LogP contribution in [0.5, 0.6) is 0 Å². The molecule has 4 nitrogen and oxygen atoms in total. The molecule has 3 rings (SSSR count). The van der Waals surface area contributed by atoms with Gasteiger partial charge in [0.1, 0.15) is 0 Å². The molecular weight excluding hydrogens is 242 g/mol. The fraction of sp³-hybridized carbons (Fsp3) is 0.467. The molecule has 100 valence electrons. The monoisotopic (exact) mass is 259 g/mol. The van der Waals surface area contributed by atoms with Crippen LogP contribution in [0.4, 0.5) is 0 Å². The van der Waals surface area contributed by atoms with Gasteiger partial charge in [0.2, 0.25) is 6.04 Å². The smallest absolute Gasteiger partial charge is 0.220 e. The van der Waals surface area contributed by atoms with E-state index in [1.807, 2.05) is 36.4 Å². The van der Waals surface area contributed by atoms with Gasteiger partial charge >= 0.3 is 0 Å². The number of allylic oxidation sites excluding steroid dienone is 1. The highest BCUT2D eigenvalue weighted by Crippen LogP contribution is 2.45. The van der Waals surface area contributed by atoms with E-state index >= 15 is 0 Å². The standard InChI is InChI=1S/C15H17NO3/c17-16(18)15-8-12-6-7-13(15)14(12)10-19-9-11-4-2-1-3-5-11/h1-7,12-15H,8-10H2/t12-,13-,14-,15+/m1/s1. The zero-order chi connectivity index (χ0) is 13.2. The molecule has 1 saturated carbocycles. The average Bonchev–Trinajstić information content (AvgIpc) is 2.97. The molecule has 0 radical (unpaired) electrons. The summed E-state index contributed by atoms with van der Waals surface area (Å²) < 4.78 is 5.75. The number of ether oxygens (including phenoxy) is 1. The summed E-state index contributed by atoms with van der Waals surface area (Å²) in [6.45, 7) is 1.20. The molecule has 2 bridgehead atoms. The fourth-order valence-electron chi connectivity index (χ4n) is 3.29. The van der Waals surface area contributed by atoms with Crippen molar-refractivity contribution < 1.29 is 9.66 Å². The van der Waals surface area contributed by atoms with E-state index in [1.54, 1.807) is 0 Å². The summed E-state index contributed by atoms with van der Waals surface area (Å²) in [5.41, 5.74) is 1.15. The summed E-state index contributed by atoms with van der Waals surface area (Å²) in [5, 5.41) is 11.0. The van der Waals surface area contributed by atoms with Crippen molar-refractivity contribution in [3.63, 3.8) is 0 Å². The van der Waals surface area contributed by atoms with Crippen LogP contribution in [0.1, 0.15) is 12.0 Å². The van der Waals surface area contributed by atoms with Crippen molar-refractivity contribution in [2.75, 3.05) is 6.61 Å². The number of rotatable bonds is 5. The van der Waals surface area contributed by atoms with E-state index in [2.05, 4.69) is 6.08 Å². The van der Waals surface area contributed by atoms with E-state index in [4.69, 9.17) is 4.74 Å². The minimum Gasteiger partial charge on any atom is -0.376 e. The summed E-state index contributed by atoms with van der Waals surface area (Å²) >= 11 is 0. The molecule has 2 aliphatic carbocycles. The van der Waals surface area contributed by atoms with E-state index in [0.717, 1.165) is 5.56 Å². The predicted octanol–water partition coefficient (Wildman–Crippen LogP) is 2.67. The van der Waals surface area contributed by atoms with Gasteiger partial charge in [0.05, 0.1) is 19.1 Å². The van der Waals surface area contributed by atoms with Gasteiger partial charge in [0.25, 0.3) is 0 Å². The Bertz CT molecular complexity index is 485. The van der Waals surface area contributed by atoms with Gasteiger partial charge in [-0.15, -0.1) is 0 Å². The Hall–Kier alpha value is -1.68. The van der Waals surface area contributed by atoms with Crippen LogP contribution in [0.15, 0.2) is 42.5 Å². The van der Waals surface area contributed by atoms with Crippen LogP contribution in [0.3, 0.4) is 0 Å².